The number of phenolic OH excluding ortho intramolecular Hbond substituents is 6. The number of ether oxygens (including phenoxy) is 3. The van der Waals surface area contributed by atoms with Gasteiger partial charge in [0.15, 0.2) is 34.5 Å². The number of carbonyl (C=O) groups excluding carboxylic acids is 2. The highest BCUT2D eigenvalue weighted by molar-refractivity contribution is 5.91. The second-order valence-electron chi connectivity index (χ2n) is 7.24. The summed E-state index contributed by atoms with van der Waals surface area (Å²) in [6.07, 6.45) is -9.09. The van der Waals surface area contributed by atoms with Crippen molar-refractivity contribution in [1.82, 2.24) is 0 Å². The van der Waals surface area contributed by atoms with Crippen LogP contribution < -0.4 is 0 Å². The Labute approximate surface area is 189 Å². The third-order valence-electron chi connectivity index (χ3n) is 4.88. The van der Waals surface area contributed by atoms with E-state index in [1.807, 2.05) is 0 Å². The highest BCUT2D eigenvalue weighted by Crippen LogP contribution is 2.37. The van der Waals surface area contributed by atoms with Crippen LogP contribution in [0.1, 0.15) is 20.7 Å². The third-order valence-corrected chi connectivity index (χ3v) is 4.88. The van der Waals surface area contributed by atoms with Crippen LogP contribution in [0.15, 0.2) is 24.3 Å². The first-order valence-corrected chi connectivity index (χ1v) is 9.48. The Hall–Kier alpha value is -3.98. The van der Waals surface area contributed by atoms with Gasteiger partial charge in [-0.2, -0.15) is 0 Å². The van der Waals surface area contributed by atoms with E-state index in [9.17, 15) is 55.5 Å². The number of esters is 2. The van der Waals surface area contributed by atoms with Crippen LogP contribution in [0.25, 0.3) is 0 Å². The molecule has 0 aromatic heterocycles. The lowest BCUT2D eigenvalue weighted by Crippen LogP contribution is -2.59. The number of phenols is 6. The molecule has 5 atom stereocenters. The minimum atomic E-state index is -1.95. The Bertz CT molecular complexity index is 1050. The monoisotopic (exact) mass is 484 g/mol. The molecule has 0 aliphatic carbocycles. The fourth-order valence-electron chi connectivity index (χ4n) is 3.01. The maximum atomic E-state index is 12.3. The predicted octanol–water partition coefficient (Wildman–Crippen LogP) is -1.26. The fourth-order valence-corrected chi connectivity index (χ4v) is 3.01. The summed E-state index contributed by atoms with van der Waals surface area (Å²) in [6, 6.07) is 3.08. The van der Waals surface area contributed by atoms with Crippen LogP contribution in [0.3, 0.4) is 0 Å². The molecule has 184 valence electrons. The Morgan fingerprint density at radius 2 is 1.15 bits per heavy atom. The van der Waals surface area contributed by atoms with E-state index >= 15 is 0 Å². The average Bonchev–Trinajstić information content (AvgIpc) is 2.79. The van der Waals surface area contributed by atoms with Gasteiger partial charge < -0.3 is 60.2 Å². The molecule has 1 aliphatic heterocycles. The molecule has 9 N–H and O–H groups in total. The Morgan fingerprint density at radius 3 is 1.62 bits per heavy atom. The maximum Gasteiger partial charge on any atom is 0.340 e. The van der Waals surface area contributed by atoms with Crippen molar-refractivity contribution >= 4 is 11.9 Å². The van der Waals surface area contributed by atoms with Gasteiger partial charge in [-0.25, -0.2) is 9.59 Å². The largest absolute Gasteiger partial charge is 0.504 e. The number of benzene rings is 2. The SMILES string of the molecule is O=C(OC[C@@H]1O[C@@H](OC(=O)c2cc(O)c(O)c(O)c2)[C@H](O)[C@H](O)[C@H]1O)c1cc(O)c(O)c(O)c1. The number of carbonyl (C=O) groups is 2. The number of aliphatic hydroxyl groups is 3. The van der Waals surface area contributed by atoms with Crippen molar-refractivity contribution in [3.05, 3.63) is 35.4 Å². The zero-order valence-electron chi connectivity index (χ0n) is 17.0. The molecule has 0 unspecified atom stereocenters. The van der Waals surface area contributed by atoms with Crippen LogP contribution in [0.5, 0.6) is 34.5 Å². The normalized spacial score (nSPS) is 24.4. The summed E-state index contributed by atoms with van der Waals surface area (Å²) < 4.78 is 15.0. The van der Waals surface area contributed by atoms with Gasteiger partial charge in [0, 0.05) is 0 Å². The van der Waals surface area contributed by atoms with Crippen molar-refractivity contribution in [2.45, 2.75) is 30.7 Å². The molecule has 1 saturated heterocycles. The minimum absolute atomic E-state index is 0.381. The van der Waals surface area contributed by atoms with E-state index < -0.39 is 89.3 Å². The van der Waals surface area contributed by atoms with Gasteiger partial charge in [-0.15, -0.1) is 0 Å². The average molecular weight is 484 g/mol. The van der Waals surface area contributed by atoms with Crippen molar-refractivity contribution in [1.29, 1.82) is 0 Å². The van der Waals surface area contributed by atoms with E-state index in [2.05, 4.69) is 0 Å². The molecule has 0 amide bonds. The molecule has 0 radical (unpaired) electrons. The smallest absolute Gasteiger partial charge is 0.340 e. The van der Waals surface area contributed by atoms with Crippen molar-refractivity contribution < 1.29 is 69.8 Å². The Morgan fingerprint density at radius 1 is 0.706 bits per heavy atom. The van der Waals surface area contributed by atoms with E-state index in [0.29, 0.717) is 0 Å². The molecule has 14 nitrogen and oxygen atoms in total. The van der Waals surface area contributed by atoms with Crippen LogP contribution in [-0.4, -0.2) is 95.2 Å². The zero-order valence-corrected chi connectivity index (χ0v) is 17.0. The lowest BCUT2D eigenvalue weighted by atomic mass is 9.99. The topological polar surface area (TPSA) is 244 Å². The third kappa shape index (κ3) is 4.84. The molecule has 0 spiro atoms. The van der Waals surface area contributed by atoms with E-state index in [4.69, 9.17) is 14.2 Å². The minimum Gasteiger partial charge on any atom is -0.504 e. The Balaban J connectivity index is 1.70. The van der Waals surface area contributed by atoms with Gasteiger partial charge in [0.05, 0.1) is 11.1 Å². The molecule has 0 saturated carbocycles. The first-order valence-electron chi connectivity index (χ1n) is 9.48. The standard InChI is InChI=1S/C20H20O14/c21-8-1-6(2-9(22)13(8)25)18(30)32-5-12-15(27)16(28)17(29)20(33-12)34-19(31)7-3-10(23)14(26)11(24)4-7/h1-4,12,15-17,20-29H,5H2/t12-,15-,16+,17+,20-/m0/s1. The number of hydrogen-bond donors (Lipinski definition) is 9. The molecular weight excluding hydrogens is 464 g/mol. The summed E-state index contributed by atoms with van der Waals surface area (Å²) in [7, 11) is 0. The maximum absolute atomic E-state index is 12.3. The molecule has 2 aromatic rings. The summed E-state index contributed by atoms with van der Waals surface area (Å²) in [5, 5.41) is 86.9. The van der Waals surface area contributed by atoms with Gasteiger partial charge in [-0.1, -0.05) is 0 Å². The lowest BCUT2D eigenvalue weighted by molar-refractivity contribution is -0.285. The quantitative estimate of drug-likeness (QED) is 0.178. The number of hydrogen-bond acceptors (Lipinski definition) is 14. The van der Waals surface area contributed by atoms with Gasteiger partial charge >= 0.3 is 11.9 Å². The molecule has 2 aromatic carbocycles. The van der Waals surface area contributed by atoms with Crippen molar-refractivity contribution in [2.24, 2.45) is 0 Å². The van der Waals surface area contributed by atoms with Crippen molar-refractivity contribution in [3.63, 3.8) is 0 Å². The highest BCUT2D eigenvalue weighted by atomic mass is 16.7. The first kappa shape index (κ1) is 24.7. The predicted molar refractivity (Wildman–Crippen MR) is 105 cm³/mol. The second-order valence-corrected chi connectivity index (χ2v) is 7.24. The van der Waals surface area contributed by atoms with Crippen molar-refractivity contribution in [3.8, 4) is 34.5 Å². The number of aliphatic hydroxyl groups excluding tert-OH is 3. The van der Waals surface area contributed by atoms with Gasteiger partial charge in [-0.05, 0) is 24.3 Å². The van der Waals surface area contributed by atoms with E-state index in [1.165, 1.54) is 0 Å². The Kier molecular flexibility index (Phi) is 6.88. The van der Waals surface area contributed by atoms with Crippen molar-refractivity contribution in [2.75, 3.05) is 6.61 Å². The summed E-state index contributed by atoms with van der Waals surface area (Å²) in [5.74, 6) is -7.45. The highest BCUT2D eigenvalue weighted by Gasteiger charge is 2.46. The molecule has 0 bridgehead atoms. The van der Waals surface area contributed by atoms with E-state index in [1.54, 1.807) is 0 Å². The molecule has 1 heterocycles. The zero-order chi connectivity index (χ0) is 25.3. The second kappa shape index (κ2) is 9.48. The fraction of sp³-hybridized carbons (Fsp3) is 0.300. The van der Waals surface area contributed by atoms with Crippen LogP contribution >= 0.6 is 0 Å². The van der Waals surface area contributed by atoms with Crippen LogP contribution in [-0.2, 0) is 14.2 Å². The lowest BCUT2D eigenvalue weighted by Gasteiger charge is -2.39. The van der Waals surface area contributed by atoms with Gasteiger partial charge in [0.2, 0.25) is 6.29 Å². The van der Waals surface area contributed by atoms with E-state index in [-0.39, 0.29) is 5.56 Å². The van der Waals surface area contributed by atoms with Crippen LogP contribution in [0, 0.1) is 0 Å². The van der Waals surface area contributed by atoms with E-state index in [0.717, 1.165) is 24.3 Å². The molecular formula is C20H20O14. The number of aromatic hydroxyl groups is 6. The van der Waals surface area contributed by atoms with Gasteiger partial charge in [-0.3, -0.25) is 0 Å². The van der Waals surface area contributed by atoms with Crippen LogP contribution in [0.4, 0.5) is 0 Å². The summed E-state index contributed by atoms with van der Waals surface area (Å²) in [5.41, 5.74) is -0.840. The first-order chi connectivity index (χ1) is 15.9. The molecule has 14 heteroatoms. The molecule has 1 fully saturated rings. The number of rotatable bonds is 5. The van der Waals surface area contributed by atoms with Crippen LogP contribution in [0.2, 0.25) is 0 Å². The molecule has 34 heavy (non-hydrogen) atoms. The summed E-state index contributed by atoms with van der Waals surface area (Å²) in [4.78, 5) is 24.5. The summed E-state index contributed by atoms with van der Waals surface area (Å²) >= 11 is 0. The van der Waals surface area contributed by atoms with Gasteiger partial charge in [0.25, 0.3) is 0 Å². The molecule has 3 rings (SSSR count). The van der Waals surface area contributed by atoms with Gasteiger partial charge in [0.1, 0.15) is 31.0 Å². The summed E-state index contributed by atoms with van der Waals surface area (Å²) in [6.45, 7) is -0.749. The molecule has 1 aliphatic rings.